The molecule has 0 atom stereocenters. The lowest BCUT2D eigenvalue weighted by Crippen LogP contribution is -2.27. The molecule has 4 nitrogen and oxygen atoms in total. The number of benzene rings is 1. The summed E-state index contributed by atoms with van der Waals surface area (Å²) in [5, 5.41) is 2.27. The van der Waals surface area contributed by atoms with Gasteiger partial charge < -0.3 is 10.1 Å². The SMILES string of the molecule is CCOC(=O)CNC(=O)SCc1ccccc1. The van der Waals surface area contributed by atoms with Gasteiger partial charge >= 0.3 is 5.97 Å². The number of rotatable bonds is 5. The van der Waals surface area contributed by atoms with E-state index in [2.05, 4.69) is 5.32 Å². The van der Waals surface area contributed by atoms with Gasteiger partial charge in [-0.15, -0.1) is 0 Å². The third kappa shape index (κ3) is 5.97. The van der Waals surface area contributed by atoms with Crippen LogP contribution in [0.2, 0.25) is 0 Å². The van der Waals surface area contributed by atoms with Crippen molar-refractivity contribution in [2.24, 2.45) is 0 Å². The lowest BCUT2D eigenvalue weighted by Gasteiger charge is -2.04. The zero-order chi connectivity index (χ0) is 12.5. The molecule has 0 aliphatic heterocycles. The highest BCUT2D eigenvalue weighted by molar-refractivity contribution is 8.12. The molecule has 1 N–H and O–H groups in total. The van der Waals surface area contributed by atoms with Gasteiger partial charge in [0.15, 0.2) is 0 Å². The van der Waals surface area contributed by atoms with E-state index in [4.69, 9.17) is 4.74 Å². The number of amides is 1. The molecule has 0 fully saturated rings. The Morgan fingerprint density at radius 3 is 2.65 bits per heavy atom. The summed E-state index contributed by atoms with van der Waals surface area (Å²) in [7, 11) is 0. The van der Waals surface area contributed by atoms with Crippen LogP contribution in [0.4, 0.5) is 4.79 Å². The monoisotopic (exact) mass is 253 g/mol. The lowest BCUT2D eigenvalue weighted by molar-refractivity contribution is -0.141. The minimum atomic E-state index is -0.416. The van der Waals surface area contributed by atoms with Gasteiger partial charge in [-0.25, -0.2) is 0 Å². The average Bonchev–Trinajstić information content (AvgIpc) is 2.35. The quantitative estimate of drug-likeness (QED) is 0.817. The Labute approximate surface area is 105 Å². The molecular weight excluding hydrogens is 238 g/mol. The first kappa shape index (κ1) is 13.6. The van der Waals surface area contributed by atoms with Crippen LogP contribution in [-0.2, 0) is 15.3 Å². The zero-order valence-corrected chi connectivity index (χ0v) is 10.5. The third-order valence-corrected chi connectivity index (χ3v) is 2.78. The van der Waals surface area contributed by atoms with Crippen LogP contribution in [0.1, 0.15) is 12.5 Å². The van der Waals surface area contributed by atoms with Crippen LogP contribution in [0, 0.1) is 0 Å². The predicted molar refractivity (Wildman–Crippen MR) is 67.8 cm³/mol. The highest BCUT2D eigenvalue weighted by Gasteiger charge is 2.06. The van der Waals surface area contributed by atoms with Crippen LogP contribution in [-0.4, -0.2) is 24.4 Å². The molecule has 0 aromatic heterocycles. The smallest absolute Gasteiger partial charge is 0.325 e. The van der Waals surface area contributed by atoms with Gasteiger partial charge in [0.2, 0.25) is 0 Å². The Morgan fingerprint density at radius 1 is 1.29 bits per heavy atom. The predicted octanol–water partition coefficient (Wildman–Crippen LogP) is 2.19. The van der Waals surface area contributed by atoms with E-state index in [0.29, 0.717) is 12.4 Å². The number of carbonyl (C=O) groups is 2. The molecule has 0 spiro atoms. The van der Waals surface area contributed by atoms with Gasteiger partial charge in [0.25, 0.3) is 5.24 Å². The molecule has 1 rings (SSSR count). The van der Waals surface area contributed by atoms with Gasteiger partial charge in [0.05, 0.1) is 6.61 Å². The minimum absolute atomic E-state index is 0.0749. The van der Waals surface area contributed by atoms with Crippen molar-refractivity contribution in [3.8, 4) is 0 Å². The van der Waals surface area contributed by atoms with Crippen LogP contribution in [0.5, 0.6) is 0 Å². The molecule has 17 heavy (non-hydrogen) atoms. The summed E-state index contributed by atoms with van der Waals surface area (Å²) in [4.78, 5) is 22.3. The molecule has 0 heterocycles. The molecular formula is C12H15NO3S. The number of carbonyl (C=O) groups excluding carboxylic acids is 2. The molecule has 1 amide bonds. The van der Waals surface area contributed by atoms with Gasteiger partial charge in [-0.2, -0.15) is 0 Å². The molecule has 1 aromatic carbocycles. The Hall–Kier alpha value is -1.49. The highest BCUT2D eigenvalue weighted by atomic mass is 32.2. The molecule has 0 aliphatic rings. The standard InChI is InChI=1S/C12H15NO3S/c1-2-16-11(14)8-13-12(15)17-9-10-6-4-3-5-7-10/h3-7H,2,8-9H2,1H3,(H,13,15). The van der Waals surface area contributed by atoms with Crippen LogP contribution in [0.3, 0.4) is 0 Å². The maximum atomic E-state index is 11.4. The van der Waals surface area contributed by atoms with Crippen molar-refractivity contribution in [3.05, 3.63) is 35.9 Å². The van der Waals surface area contributed by atoms with E-state index in [9.17, 15) is 9.59 Å². The molecule has 0 bridgehead atoms. The topological polar surface area (TPSA) is 55.4 Å². The van der Waals surface area contributed by atoms with Crippen molar-refractivity contribution in [1.29, 1.82) is 0 Å². The average molecular weight is 253 g/mol. The van der Waals surface area contributed by atoms with Gasteiger partial charge in [-0.05, 0) is 12.5 Å². The van der Waals surface area contributed by atoms with E-state index in [0.717, 1.165) is 17.3 Å². The summed E-state index contributed by atoms with van der Waals surface area (Å²) in [5.74, 6) is 0.177. The normalized spacial score (nSPS) is 9.71. The van der Waals surface area contributed by atoms with Crippen LogP contribution in [0.15, 0.2) is 30.3 Å². The lowest BCUT2D eigenvalue weighted by atomic mass is 10.2. The number of thioether (sulfide) groups is 1. The molecule has 0 aliphatic carbocycles. The number of hydrogen-bond acceptors (Lipinski definition) is 4. The van der Waals surface area contributed by atoms with Crippen LogP contribution < -0.4 is 5.32 Å². The second-order valence-electron chi connectivity index (χ2n) is 3.22. The van der Waals surface area contributed by atoms with Crippen molar-refractivity contribution in [2.75, 3.05) is 13.2 Å². The first-order valence-corrected chi connectivity index (χ1v) is 6.31. The second-order valence-corrected chi connectivity index (χ2v) is 4.17. The highest BCUT2D eigenvalue weighted by Crippen LogP contribution is 2.11. The summed E-state index contributed by atoms with van der Waals surface area (Å²) in [5.41, 5.74) is 1.07. The Kier molecular flexibility index (Phi) is 6.17. The molecule has 92 valence electrons. The maximum absolute atomic E-state index is 11.4. The van der Waals surface area contributed by atoms with E-state index >= 15 is 0 Å². The van der Waals surface area contributed by atoms with Crippen molar-refractivity contribution >= 4 is 23.0 Å². The van der Waals surface area contributed by atoms with Gasteiger partial charge in [0, 0.05) is 5.75 Å². The van der Waals surface area contributed by atoms with Crippen molar-refractivity contribution in [1.82, 2.24) is 5.32 Å². The number of nitrogens with one attached hydrogen (secondary N) is 1. The van der Waals surface area contributed by atoms with Crippen LogP contribution in [0.25, 0.3) is 0 Å². The van der Waals surface area contributed by atoms with E-state index in [1.165, 1.54) is 0 Å². The van der Waals surface area contributed by atoms with E-state index in [-0.39, 0.29) is 11.8 Å². The van der Waals surface area contributed by atoms with E-state index in [1.54, 1.807) is 6.92 Å². The summed E-state index contributed by atoms with van der Waals surface area (Å²) in [6.45, 7) is 1.98. The van der Waals surface area contributed by atoms with Gasteiger partial charge in [-0.3, -0.25) is 9.59 Å². The first-order chi connectivity index (χ1) is 8.22. The first-order valence-electron chi connectivity index (χ1n) is 5.32. The van der Waals surface area contributed by atoms with E-state index < -0.39 is 5.97 Å². The van der Waals surface area contributed by atoms with Crippen molar-refractivity contribution in [3.63, 3.8) is 0 Å². The molecule has 0 unspecified atom stereocenters. The minimum Gasteiger partial charge on any atom is -0.465 e. The third-order valence-electron chi connectivity index (χ3n) is 1.90. The zero-order valence-electron chi connectivity index (χ0n) is 9.64. The number of ether oxygens (including phenoxy) is 1. The molecule has 0 radical (unpaired) electrons. The van der Waals surface area contributed by atoms with Crippen molar-refractivity contribution < 1.29 is 14.3 Å². The number of esters is 1. The molecule has 0 saturated carbocycles. The summed E-state index contributed by atoms with van der Waals surface area (Å²) < 4.78 is 4.69. The fraction of sp³-hybridized carbons (Fsp3) is 0.333. The molecule has 5 heteroatoms. The fourth-order valence-corrected chi connectivity index (χ4v) is 1.79. The Bertz CT molecular complexity index is 367. The second kappa shape index (κ2) is 7.73. The largest absolute Gasteiger partial charge is 0.465 e. The summed E-state index contributed by atoms with van der Waals surface area (Å²) >= 11 is 1.13. The summed E-state index contributed by atoms with van der Waals surface area (Å²) in [6, 6.07) is 9.67. The van der Waals surface area contributed by atoms with Gasteiger partial charge in [-0.1, -0.05) is 42.1 Å². The molecule has 1 aromatic rings. The number of hydrogen-bond donors (Lipinski definition) is 1. The van der Waals surface area contributed by atoms with Crippen LogP contribution >= 0.6 is 11.8 Å². The Morgan fingerprint density at radius 2 is 2.00 bits per heavy atom. The fourth-order valence-electron chi connectivity index (χ4n) is 1.13. The van der Waals surface area contributed by atoms with Crippen molar-refractivity contribution in [2.45, 2.75) is 12.7 Å². The summed E-state index contributed by atoms with van der Waals surface area (Å²) in [6.07, 6.45) is 0. The van der Waals surface area contributed by atoms with E-state index in [1.807, 2.05) is 30.3 Å². The Balaban J connectivity index is 2.20. The molecule has 0 saturated heterocycles. The van der Waals surface area contributed by atoms with Gasteiger partial charge in [0.1, 0.15) is 6.54 Å². The maximum Gasteiger partial charge on any atom is 0.325 e.